The topological polar surface area (TPSA) is 142 Å². The first-order chi connectivity index (χ1) is 16.5. The largest absolute Gasteiger partial charge is 0.548 e. The summed E-state index contributed by atoms with van der Waals surface area (Å²) in [6.45, 7) is 10.7. The van der Waals surface area contributed by atoms with Gasteiger partial charge < -0.3 is 29.4 Å². The molecule has 188 valence electrons. The summed E-state index contributed by atoms with van der Waals surface area (Å²) in [5.74, 6) is -1.95. The Labute approximate surface area is 202 Å². The van der Waals surface area contributed by atoms with Crippen LogP contribution >= 0.6 is 0 Å². The van der Waals surface area contributed by atoms with Gasteiger partial charge in [0.05, 0.1) is 18.6 Å². The van der Waals surface area contributed by atoms with Gasteiger partial charge in [0.25, 0.3) is 0 Å². The second kappa shape index (κ2) is 10.3. The van der Waals surface area contributed by atoms with Crippen LogP contribution in [0.3, 0.4) is 0 Å². The standard InChI is InChI=1S/C26H32N2O7/c1-7-12(2)22(25(31)32)28-21(30)11-27-20(29)9-8-17-14(4)19-10-18-13(3)16(6)34-23(18)15(5)24(19)35-26(17)33/h10,12,22H,7-9,11H2,1-6H3,(H,27,29)(H,28,30)(H,31,32)/p-1/t12-,22+/m1/s1. The number of carbonyl (C=O) groups is 3. The minimum atomic E-state index is -1.37. The molecule has 0 spiro atoms. The number of rotatable bonds is 9. The number of nitrogens with one attached hydrogen (secondary N) is 2. The van der Waals surface area contributed by atoms with Crippen molar-refractivity contribution >= 4 is 39.7 Å². The molecule has 0 aliphatic carbocycles. The Kier molecular flexibility index (Phi) is 7.67. The van der Waals surface area contributed by atoms with E-state index in [2.05, 4.69) is 10.6 Å². The number of hydrogen-bond acceptors (Lipinski definition) is 7. The lowest BCUT2D eigenvalue weighted by Gasteiger charge is -2.25. The summed E-state index contributed by atoms with van der Waals surface area (Å²) in [7, 11) is 0. The maximum atomic E-state index is 12.7. The Balaban J connectivity index is 1.72. The van der Waals surface area contributed by atoms with Gasteiger partial charge in [-0.3, -0.25) is 9.59 Å². The van der Waals surface area contributed by atoms with Crippen molar-refractivity contribution in [1.29, 1.82) is 0 Å². The number of aryl methyl sites for hydroxylation is 4. The van der Waals surface area contributed by atoms with Gasteiger partial charge in [0.15, 0.2) is 0 Å². The van der Waals surface area contributed by atoms with Gasteiger partial charge in [0.2, 0.25) is 11.8 Å². The molecular formula is C26H31N2O7-. The van der Waals surface area contributed by atoms with Crippen molar-refractivity contribution in [3.63, 3.8) is 0 Å². The number of benzene rings is 1. The number of hydrogen-bond donors (Lipinski definition) is 2. The van der Waals surface area contributed by atoms with Crippen molar-refractivity contribution in [1.82, 2.24) is 10.6 Å². The summed E-state index contributed by atoms with van der Waals surface area (Å²) in [5, 5.41) is 17.8. The average Bonchev–Trinajstić information content (AvgIpc) is 3.10. The molecule has 2 heterocycles. The second-order valence-corrected chi connectivity index (χ2v) is 9.06. The van der Waals surface area contributed by atoms with Crippen LogP contribution in [0.5, 0.6) is 0 Å². The lowest BCUT2D eigenvalue weighted by Crippen LogP contribution is -2.53. The molecule has 2 atom stereocenters. The number of carboxylic acids is 1. The molecule has 3 aromatic rings. The lowest BCUT2D eigenvalue weighted by molar-refractivity contribution is -0.309. The van der Waals surface area contributed by atoms with Crippen molar-refractivity contribution in [3.05, 3.63) is 44.5 Å². The summed E-state index contributed by atoms with van der Waals surface area (Å²) in [5.41, 5.74) is 3.52. The molecule has 2 aromatic heterocycles. The molecule has 9 nitrogen and oxygen atoms in total. The van der Waals surface area contributed by atoms with E-state index in [0.29, 0.717) is 23.2 Å². The number of carboxylic acid groups (broad SMARTS) is 1. The van der Waals surface area contributed by atoms with Gasteiger partial charge in [0.1, 0.15) is 16.9 Å². The van der Waals surface area contributed by atoms with Crippen LogP contribution in [0.15, 0.2) is 19.7 Å². The molecule has 2 N–H and O–H groups in total. The summed E-state index contributed by atoms with van der Waals surface area (Å²) >= 11 is 0. The van der Waals surface area contributed by atoms with Gasteiger partial charge >= 0.3 is 5.63 Å². The molecule has 3 rings (SSSR count). The minimum absolute atomic E-state index is 0.0370. The first-order valence-electron chi connectivity index (χ1n) is 11.7. The Morgan fingerprint density at radius 1 is 0.971 bits per heavy atom. The van der Waals surface area contributed by atoms with E-state index < -0.39 is 29.5 Å². The molecule has 2 amide bonds. The summed E-state index contributed by atoms with van der Waals surface area (Å²) < 4.78 is 11.5. The van der Waals surface area contributed by atoms with Gasteiger partial charge in [-0.15, -0.1) is 0 Å². The van der Waals surface area contributed by atoms with Crippen molar-refractivity contribution in [2.24, 2.45) is 5.92 Å². The fourth-order valence-corrected chi connectivity index (χ4v) is 4.18. The van der Waals surface area contributed by atoms with E-state index in [4.69, 9.17) is 8.83 Å². The Hall–Kier alpha value is -3.62. The molecule has 0 aliphatic heterocycles. The number of amides is 2. The highest BCUT2D eigenvalue weighted by Gasteiger charge is 2.21. The van der Waals surface area contributed by atoms with Crippen LogP contribution in [-0.4, -0.2) is 30.4 Å². The minimum Gasteiger partial charge on any atom is -0.548 e. The second-order valence-electron chi connectivity index (χ2n) is 9.06. The molecule has 0 saturated heterocycles. The molecule has 9 heteroatoms. The molecule has 35 heavy (non-hydrogen) atoms. The van der Waals surface area contributed by atoms with Crippen LogP contribution < -0.4 is 21.4 Å². The quantitative estimate of drug-likeness (QED) is 0.444. The zero-order valence-electron chi connectivity index (χ0n) is 20.9. The molecule has 0 fully saturated rings. The third-order valence-electron chi connectivity index (χ3n) is 6.78. The molecule has 0 unspecified atom stereocenters. The first kappa shape index (κ1) is 26.0. The Morgan fingerprint density at radius 2 is 1.60 bits per heavy atom. The smallest absolute Gasteiger partial charge is 0.339 e. The normalized spacial score (nSPS) is 13.1. The van der Waals surface area contributed by atoms with E-state index >= 15 is 0 Å². The third-order valence-corrected chi connectivity index (χ3v) is 6.78. The van der Waals surface area contributed by atoms with E-state index in [-0.39, 0.29) is 25.3 Å². The van der Waals surface area contributed by atoms with Crippen LogP contribution in [-0.2, 0) is 20.8 Å². The van der Waals surface area contributed by atoms with Crippen LogP contribution in [0.2, 0.25) is 0 Å². The predicted molar refractivity (Wildman–Crippen MR) is 129 cm³/mol. The van der Waals surface area contributed by atoms with Crippen LogP contribution in [0.1, 0.15) is 54.7 Å². The van der Waals surface area contributed by atoms with Crippen molar-refractivity contribution in [2.75, 3.05) is 6.54 Å². The molecule has 0 bridgehead atoms. The zero-order valence-corrected chi connectivity index (χ0v) is 20.9. The SMILES string of the molecule is CC[C@@H](C)[C@H](NC(=O)CNC(=O)CCc1c(C)c2cc3c(C)c(C)oc3c(C)c2oc1=O)C(=O)[O-]. The van der Waals surface area contributed by atoms with Gasteiger partial charge in [-0.25, -0.2) is 4.79 Å². The first-order valence-corrected chi connectivity index (χ1v) is 11.7. The van der Waals surface area contributed by atoms with E-state index in [1.807, 2.05) is 33.8 Å². The number of fused-ring (bicyclic) bond motifs is 2. The zero-order chi connectivity index (χ0) is 26.0. The maximum absolute atomic E-state index is 12.7. The third kappa shape index (κ3) is 5.23. The van der Waals surface area contributed by atoms with E-state index in [1.54, 1.807) is 13.8 Å². The highest BCUT2D eigenvalue weighted by atomic mass is 16.4. The predicted octanol–water partition coefficient (Wildman–Crippen LogP) is 2.10. The van der Waals surface area contributed by atoms with Crippen molar-refractivity contribution < 1.29 is 28.3 Å². The molecule has 0 radical (unpaired) electrons. The Morgan fingerprint density at radius 3 is 2.23 bits per heavy atom. The number of furan rings is 1. The fraction of sp³-hybridized carbons (Fsp3) is 0.462. The highest BCUT2D eigenvalue weighted by molar-refractivity contribution is 6.00. The van der Waals surface area contributed by atoms with E-state index in [9.17, 15) is 24.3 Å². The van der Waals surface area contributed by atoms with Crippen LogP contribution in [0.25, 0.3) is 21.9 Å². The molecular weight excluding hydrogens is 452 g/mol. The van der Waals surface area contributed by atoms with Crippen LogP contribution in [0.4, 0.5) is 0 Å². The monoisotopic (exact) mass is 483 g/mol. The maximum Gasteiger partial charge on any atom is 0.339 e. The van der Waals surface area contributed by atoms with E-state index in [1.165, 1.54) is 0 Å². The van der Waals surface area contributed by atoms with Gasteiger partial charge in [-0.1, -0.05) is 20.3 Å². The van der Waals surface area contributed by atoms with Gasteiger partial charge in [0, 0.05) is 28.3 Å². The molecule has 0 saturated carbocycles. The molecule has 0 aliphatic rings. The highest BCUT2D eigenvalue weighted by Crippen LogP contribution is 2.34. The van der Waals surface area contributed by atoms with E-state index in [0.717, 1.165) is 33.2 Å². The Bertz CT molecular complexity index is 1370. The van der Waals surface area contributed by atoms with Crippen molar-refractivity contribution in [2.45, 2.75) is 66.8 Å². The van der Waals surface area contributed by atoms with Crippen molar-refractivity contribution in [3.8, 4) is 0 Å². The summed E-state index contributed by atoms with van der Waals surface area (Å²) in [6, 6.07) is 0.813. The summed E-state index contributed by atoms with van der Waals surface area (Å²) in [6.07, 6.45) is 0.640. The number of carbonyl (C=O) groups excluding carboxylic acids is 3. The summed E-state index contributed by atoms with van der Waals surface area (Å²) in [4.78, 5) is 48.4. The lowest BCUT2D eigenvalue weighted by atomic mass is 9.98. The van der Waals surface area contributed by atoms with Gasteiger partial charge in [-0.2, -0.15) is 0 Å². The van der Waals surface area contributed by atoms with Crippen LogP contribution in [0, 0.1) is 33.6 Å². The average molecular weight is 484 g/mol. The fourth-order valence-electron chi connectivity index (χ4n) is 4.18. The molecule has 1 aromatic carbocycles. The number of aliphatic carboxylic acids is 1. The van der Waals surface area contributed by atoms with Gasteiger partial charge in [-0.05, 0) is 57.2 Å².